The first-order valence-corrected chi connectivity index (χ1v) is 10.7. The molecule has 0 saturated heterocycles. The van der Waals surface area contributed by atoms with Gasteiger partial charge in [-0.05, 0) is 56.5 Å². The van der Waals surface area contributed by atoms with E-state index >= 15 is 0 Å². The molecule has 1 aromatic carbocycles. The van der Waals surface area contributed by atoms with Crippen LogP contribution >= 0.6 is 0 Å². The third-order valence-corrected chi connectivity index (χ3v) is 6.23. The number of benzene rings is 1. The number of rotatable bonds is 4. The maximum atomic E-state index is 13.7. The van der Waals surface area contributed by atoms with Crippen molar-refractivity contribution >= 4 is 40.8 Å². The van der Waals surface area contributed by atoms with E-state index in [9.17, 15) is 23.6 Å². The Bertz CT molecular complexity index is 1230. The van der Waals surface area contributed by atoms with Crippen molar-refractivity contribution < 1.29 is 23.6 Å². The Balaban J connectivity index is 1.58. The van der Waals surface area contributed by atoms with Gasteiger partial charge in [0.05, 0.1) is 23.1 Å². The lowest BCUT2D eigenvalue weighted by atomic mass is 10.0. The van der Waals surface area contributed by atoms with Gasteiger partial charge in [-0.25, -0.2) is 4.39 Å². The van der Waals surface area contributed by atoms with Crippen LogP contribution in [0.3, 0.4) is 0 Å². The summed E-state index contributed by atoms with van der Waals surface area (Å²) in [6.45, 7) is 3.46. The second kappa shape index (κ2) is 8.31. The summed E-state index contributed by atoms with van der Waals surface area (Å²) >= 11 is 0. The lowest BCUT2D eigenvalue weighted by Gasteiger charge is -2.16. The predicted molar refractivity (Wildman–Crippen MR) is 121 cm³/mol. The molecule has 8 nitrogen and oxygen atoms in total. The highest BCUT2D eigenvalue weighted by atomic mass is 19.1. The number of halogens is 1. The van der Waals surface area contributed by atoms with Crippen molar-refractivity contribution in [2.45, 2.75) is 32.7 Å². The number of Topliss-reactive ketones (excluding diaryl/α,β-unsaturated/α-hetero) is 1. The van der Waals surface area contributed by atoms with Crippen LogP contribution in [0.25, 0.3) is 11.6 Å². The first-order chi connectivity index (χ1) is 15.6. The van der Waals surface area contributed by atoms with Crippen LogP contribution in [0.15, 0.2) is 18.2 Å². The summed E-state index contributed by atoms with van der Waals surface area (Å²) in [5, 5.41) is 5.46. The van der Waals surface area contributed by atoms with E-state index < -0.39 is 23.7 Å². The van der Waals surface area contributed by atoms with Gasteiger partial charge in [0.2, 0.25) is 5.91 Å². The van der Waals surface area contributed by atoms with Crippen LogP contribution in [0, 0.1) is 25.6 Å². The fraction of sp³-hybridized carbons (Fsp3) is 0.333. The number of carbonyl (C=O) groups is 4. The van der Waals surface area contributed by atoms with Gasteiger partial charge in [0.1, 0.15) is 5.82 Å². The van der Waals surface area contributed by atoms with E-state index in [1.165, 1.54) is 23.1 Å². The Morgan fingerprint density at radius 3 is 2.61 bits per heavy atom. The lowest BCUT2D eigenvalue weighted by Crippen LogP contribution is -2.42. The lowest BCUT2D eigenvalue weighted by molar-refractivity contribution is -0.138. The minimum atomic E-state index is -0.736. The van der Waals surface area contributed by atoms with Crippen LogP contribution in [0.2, 0.25) is 0 Å². The average Bonchev–Trinajstić information content (AvgIpc) is 3.35. The van der Waals surface area contributed by atoms with E-state index in [0.29, 0.717) is 46.6 Å². The van der Waals surface area contributed by atoms with Crippen molar-refractivity contribution in [3.63, 3.8) is 0 Å². The van der Waals surface area contributed by atoms with Gasteiger partial charge in [0.25, 0.3) is 11.8 Å². The van der Waals surface area contributed by atoms with Crippen molar-refractivity contribution in [1.29, 1.82) is 0 Å². The monoisotopic (exact) mass is 452 g/mol. The average molecular weight is 452 g/mol. The first kappa shape index (κ1) is 22.4. The van der Waals surface area contributed by atoms with Crippen molar-refractivity contribution in [3.8, 4) is 0 Å². The number of nitrogens with one attached hydrogen (secondary N) is 3. The smallest absolute Gasteiger partial charge is 0.256 e. The van der Waals surface area contributed by atoms with Gasteiger partial charge in [-0.1, -0.05) is 0 Å². The molecule has 1 fully saturated rings. The quantitative estimate of drug-likeness (QED) is 0.489. The standard InChI is InChI=1S/C24H25FN4O4/c1-11-19(10-16-15-9-13(25)5-7-17(15)27-22(16)31)26-12(2)20(11)23(32)28-18-8-6-14(21(18)30)24(33)29(3)4/h5,7,9-10,14,18,26H,6,8H2,1-4H3,(H,27,31)(H,28,32)/b16-10-/t14?,18-/m0/s1. The topological polar surface area (TPSA) is 111 Å². The third-order valence-electron chi connectivity index (χ3n) is 6.23. The van der Waals surface area contributed by atoms with E-state index in [2.05, 4.69) is 15.6 Å². The van der Waals surface area contributed by atoms with Crippen LogP contribution in [-0.2, 0) is 14.4 Å². The maximum Gasteiger partial charge on any atom is 0.256 e. The summed E-state index contributed by atoms with van der Waals surface area (Å²) in [4.78, 5) is 54.8. The number of nitrogens with zero attached hydrogens (tertiary/aromatic N) is 1. The number of aryl methyl sites for hydroxylation is 1. The molecule has 3 amide bonds. The molecule has 2 aromatic rings. The molecule has 33 heavy (non-hydrogen) atoms. The molecule has 1 aromatic heterocycles. The van der Waals surface area contributed by atoms with Crippen molar-refractivity contribution in [2.24, 2.45) is 5.92 Å². The zero-order chi connectivity index (χ0) is 24.0. The van der Waals surface area contributed by atoms with Gasteiger partial charge >= 0.3 is 0 Å². The Labute approximate surface area is 190 Å². The first-order valence-electron chi connectivity index (χ1n) is 10.7. The number of aromatic amines is 1. The summed E-state index contributed by atoms with van der Waals surface area (Å²) in [5.74, 6) is -2.52. The van der Waals surface area contributed by atoms with Crippen molar-refractivity contribution in [2.75, 3.05) is 19.4 Å². The number of aromatic nitrogens is 1. The summed E-state index contributed by atoms with van der Waals surface area (Å²) in [5.41, 5.74) is 3.34. The van der Waals surface area contributed by atoms with E-state index in [1.807, 2.05) is 0 Å². The number of H-pyrrole nitrogens is 1. The van der Waals surface area contributed by atoms with E-state index in [-0.39, 0.29) is 23.2 Å². The third kappa shape index (κ3) is 3.94. The molecular formula is C24H25FN4O4. The zero-order valence-electron chi connectivity index (χ0n) is 18.8. The Morgan fingerprint density at radius 2 is 1.91 bits per heavy atom. The van der Waals surface area contributed by atoms with Gasteiger partial charge in [0.15, 0.2) is 5.78 Å². The fourth-order valence-corrected chi connectivity index (χ4v) is 4.50. The molecule has 0 bridgehead atoms. The molecule has 1 aliphatic carbocycles. The molecule has 0 radical (unpaired) electrons. The van der Waals surface area contributed by atoms with Gasteiger partial charge in [-0.15, -0.1) is 0 Å². The fourth-order valence-electron chi connectivity index (χ4n) is 4.50. The Hall–Kier alpha value is -3.75. The van der Waals surface area contributed by atoms with Gasteiger partial charge in [-0.2, -0.15) is 0 Å². The maximum absolute atomic E-state index is 13.7. The van der Waals surface area contributed by atoms with E-state index in [1.54, 1.807) is 34.0 Å². The molecule has 1 saturated carbocycles. The molecule has 2 aliphatic rings. The second-order valence-corrected chi connectivity index (χ2v) is 8.66. The SMILES string of the molecule is Cc1[nH]c(/C=C2\C(=O)Nc3ccc(F)cc32)c(C)c1C(=O)N[C@H]1CCC(C(=O)N(C)C)C1=O. The normalized spacial score (nSPS) is 20.7. The number of carbonyl (C=O) groups excluding carboxylic acids is 4. The molecular weight excluding hydrogens is 427 g/mol. The largest absolute Gasteiger partial charge is 0.358 e. The number of ketones is 1. The predicted octanol–water partition coefficient (Wildman–Crippen LogP) is 2.43. The minimum Gasteiger partial charge on any atom is -0.358 e. The van der Waals surface area contributed by atoms with Crippen molar-refractivity contribution in [3.05, 3.63) is 52.1 Å². The molecule has 2 atom stereocenters. The number of fused-ring (bicyclic) bond motifs is 1. The highest BCUT2D eigenvalue weighted by molar-refractivity contribution is 6.35. The number of anilines is 1. The molecule has 1 aliphatic heterocycles. The van der Waals surface area contributed by atoms with Crippen LogP contribution in [0.4, 0.5) is 10.1 Å². The van der Waals surface area contributed by atoms with Gasteiger partial charge in [0, 0.05) is 36.7 Å². The number of hydrogen-bond acceptors (Lipinski definition) is 4. The highest BCUT2D eigenvalue weighted by Gasteiger charge is 2.40. The zero-order valence-corrected chi connectivity index (χ0v) is 18.8. The van der Waals surface area contributed by atoms with Crippen LogP contribution in [0.1, 0.15) is 45.7 Å². The van der Waals surface area contributed by atoms with E-state index in [4.69, 9.17) is 0 Å². The summed E-state index contributed by atoms with van der Waals surface area (Å²) in [6, 6.07) is 3.34. The molecule has 9 heteroatoms. The second-order valence-electron chi connectivity index (χ2n) is 8.66. The van der Waals surface area contributed by atoms with E-state index in [0.717, 1.165) is 0 Å². The van der Waals surface area contributed by atoms with Gasteiger partial charge in [-0.3, -0.25) is 19.2 Å². The molecule has 0 spiro atoms. The number of hydrogen-bond donors (Lipinski definition) is 3. The molecule has 3 N–H and O–H groups in total. The van der Waals surface area contributed by atoms with Crippen LogP contribution < -0.4 is 10.6 Å². The molecule has 4 rings (SSSR count). The Morgan fingerprint density at radius 1 is 1.18 bits per heavy atom. The van der Waals surface area contributed by atoms with Crippen LogP contribution in [0.5, 0.6) is 0 Å². The Kier molecular flexibility index (Phi) is 5.65. The number of amides is 3. The molecule has 2 heterocycles. The summed E-state index contributed by atoms with van der Waals surface area (Å²) in [7, 11) is 3.20. The summed E-state index contributed by atoms with van der Waals surface area (Å²) < 4.78 is 13.7. The molecule has 1 unspecified atom stereocenters. The minimum absolute atomic E-state index is 0.258. The summed E-state index contributed by atoms with van der Waals surface area (Å²) in [6.07, 6.45) is 2.39. The van der Waals surface area contributed by atoms with Crippen molar-refractivity contribution in [1.82, 2.24) is 15.2 Å². The van der Waals surface area contributed by atoms with Gasteiger partial charge < -0.3 is 20.5 Å². The highest BCUT2D eigenvalue weighted by Crippen LogP contribution is 2.34. The molecule has 172 valence electrons. The van der Waals surface area contributed by atoms with Crippen LogP contribution in [-0.4, -0.2) is 53.5 Å².